The van der Waals surface area contributed by atoms with Crippen molar-refractivity contribution in [2.24, 2.45) is 0 Å². The van der Waals surface area contributed by atoms with Crippen molar-refractivity contribution in [3.8, 4) is 0 Å². The van der Waals surface area contributed by atoms with Crippen molar-refractivity contribution < 1.29 is 14.2 Å². The molecule has 0 bridgehead atoms. The Balaban J connectivity index is 2.01. The molecule has 17 heavy (non-hydrogen) atoms. The van der Waals surface area contributed by atoms with Gasteiger partial charge in [0.05, 0.1) is 19.3 Å². The fourth-order valence-corrected chi connectivity index (χ4v) is 2.10. The molecule has 4 heteroatoms. The van der Waals surface area contributed by atoms with E-state index in [-0.39, 0.29) is 11.9 Å². The van der Waals surface area contributed by atoms with E-state index in [0.29, 0.717) is 25.3 Å². The second kappa shape index (κ2) is 5.58. The standard InChI is InChI=1S/C13H18FNO2/c1-10-9-17-7-6-15(10)8-13(16)11-4-2-3-5-12(11)14/h2-5,10,13,16H,6-9H2,1H3/t10-,13+/m1/s1. The highest BCUT2D eigenvalue weighted by molar-refractivity contribution is 5.20. The third-order valence-electron chi connectivity index (χ3n) is 3.18. The SMILES string of the molecule is C[C@@H]1COCCN1C[C@H](O)c1ccccc1F. The van der Waals surface area contributed by atoms with Crippen LogP contribution in [0.1, 0.15) is 18.6 Å². The smallest absolute Gasteiger partial charge is 0.129 e. The van der Waals surface area contributed by atoms with Crippen molar-refractivity contribution in [2.75, 3.05) is 26.3 Å². The third kappa shape index (κ3) is 3.03. The van der Waals surface area contributed by atoms with Crippen LogP contribution in [0.2, 0.25) is 0 Å². The van der Waals surface area contributed by atoms with Gasteiger partial charge >= 0.3 is 0 Å². The van der Waals surface area contributed by atoms with Gasteiger partial charge in [-0.15, -0.1) is 0 Å². The van der Waals surface area contributed by atoms with Crippen molar-refractivity contribution in [1.29, 1.82) is 0 Å². The first-order valence-electron chi connectivity index (χ1n) is 5.93. The van der Waals surface area contributed by atoms with Crippen LogP contribution in [0.25, 0.3) is 0 Å². The van der Waals surface area contributed by atoms with Gasteiger partial charge in [0.1, 0.15) is 5.82 Å². The largest absolute Gasteiger partial charge is 0.387 e. The van der Waals surface area contributed by atoms with Gasteiger partial charge in [0.15, 0.2) is 0 Å². The second-order valence-electron chi connectivity index (χ2n) is 4.46. The molecule has 1 heterocycles. The predicted octanol–water partition coefficient (Wildman–Crippen LogP) is 1.58. The summed E-state index contributed by atoms with van der Waals surface area (Å²) in [7, 11) is 0. The number of nitrogens with zero attached hydrogens (tertiary/aromatic N) is 1. The van der Waals surface area contributed by atoms with E-state index < -0.39 is 6.10 Å². The van der Waals surface area contributed by atoms with Crippen LogP contribution in [0, 0.1) is 5.82 Å². The number of aliphatic hydroxyl groups is 1. The summed E-state index contributed by atoms with van der Waals surface area (Å²) in [4.78, 5) is 2.13. The summed E-state index contributed by atoms with van der Waals surface area (Å²) in [6.45, 7) is 4.63. The molecule has 1 fully saturated rings. The average Bonchev–Trinajstić information content (AvgIpc) is 2.32. The quantitative estimate of drug-likeness (QED) is 0.869. The van der Waals surface area contributed by atoms with Crippen LogP contribution < -0.4 is 0 Å². The minimum atomic E-state index is -0.781. The Labute approximate surface area is 101 Å². The van der Waals surface area contributed by atoms with Gasteiger partial charge in [-0.25, -0.2) is 4.39 Å². The van der Waals surface area contributed by atoms with Crippen LogP contribution in [-0.2, 0) is 4.74 Å². The summed E-state index contributed by atoms with van der Waals surface area (Å²) in [5.41, 5.74) is 0.367. The monoisotopic (exact) mass is 239 g/mol. The Morgan fingerprint density at radius 1 is 1.53 bits per heavy atom. The lowest BCUT2D eigenvalue weighted by Crippen LogP contribution is -2.45. The van der Waals surface area contributed by atoms with E-state index in [0.717, 1.165) is 6.54 Å². The van der Waals surface area contributed by atoms with Gasteiger partial charge in [0.2, 0.25) is 0 Å². The number of halogens is 1. The molecule has 1 aromatic rings. The molecule has 1 N–H and O–H groups in total. The molecule has 3 nitrogen and oxygen atoms in total. The van der Waals surface area contributed by atoms with Crippen LogP contribution in [-0.4, -0.2) is 42.4 Å². The predicted molar refractivity (Wildman–Crippen MR) is 63.2 cm³/mol. The molecule has 0 unspecified atom stereocenters. The summed E-state index contributed by atoms with van der Waals surface area (Å²) in [6, 6.07) is 6.64. The minimum absolute atomic E-state index is 0.269. The summed E-state index contributed by atoms with van der Waals surface area (Å²) in [6.07, 6.45) is -0.781. The molecule has 0 aliphatic carbocycles. The second-order valence-corrected chi connectivity index (χ2v) is 4.46. The fourth-order valence-electron chi connectivity index (χ4n) is 2.10. The summed E-state index contributed by atoms with van der Waals surface area (Å²) >= 11 is 0. The van der Waals surface area contributed by atoms with E-state index >= 15 is 0 Å². The van der Waals surface area contributed by atoms with Gasteiger partial charge in [0, 0.05) is 24.7 Å². The Kier molecular flexibility index (Phi) is 4.10. The number of rotatable bonds is 3. The normalized spacial score (nSPS) is 23.6. The highest BCUT2D eigenvalue weighted by atomic mass is 19.1. The van der Waals surface area contributed by atoms with Crippen LogP contribution in [0.4, 0.5) is 4.39 Å². The average molecular weight is 239 g/mol. The lowest BCUT2D eigenvalue weighted by molar-refractivity contribution is -0.0207. The fraction of sp³-hybridized carbons (Fsp3) is 0.538. The highest BCUT2D eigenvalue weighted by Gasteiger charge is 2.23. The van der Waals surface area contributed by atoms with Crippen molar-refractivity contribution in [1.82, 2.24) is 4.90 Å². The highest BCUT2D eigenvalue weighted by Crippen LogP contribution is 2.19. The molecule has 0 aromatic heterocycles. The zero-order valence-electron chi connectivity index (χ0n) is 9.97. The Hall–Kier alpha value is -0.970. The van der Waals surface area contributed by atoms with Crippen LogP contribution >= 0.6 is 0 Å². The zero-order chi connectivity index (χ0) is 12.3. The molecule has 0 radical (unpaired) electrons. The zero-order valence-corrected chi connectivity index (χ0v) is 9.97. The Bertz CT molecular complexity index is 372. The van der Waals surface area contributed by atoms with Crippen molar-refractivity contribution in [2.45, 2.75) is 19.1 Å². The number of β-amino-alcohol motifs (C(OH)–C–C–N with tert-alkyl or cyclic N) is 1. The molecule has 2 rings (SSSR count). The molecule has 1 aliphatic rings. The molecule has 2 atom stereocenters. The maximum atomic E-state index is 13.5. The van der Waals surface area contributed by atoms with Gasteiger partial charge in [0.25, 0.3) is 0 Å². The molecule has 1 aliphatic heterocycles. The van der Waals surface area contributed by atoms with E-state index in [2.05, 4.69) is 4.90 Å². The molecular formula is C13H18FNO2. The topological polar surface area (TPSA) is 32.7 Å². The number of benzene rings is 1. The summed E-state index contributed by atoms with van der Waals surface area (Å²) in [5, 5.41) is 10.0. The number of hydrogen-bond donors (Lipinski definition) is 1. The lowest BCUT2D eigenvalue weighted by Gasteiger charge is -2.34. The number of hydrogen-bond acceptors (Lipinski definition) is 3. The summed E-state index contributed by atoms with van der Waals surface area (Å²) < 4.78 is 18.8. The van der Waals surface area contributed by atoms with Crippen molar-refractivity contribution in [3.05, 3.63) is 35.6 Å². The number of morpholine rings is 1. The van der Waals surface area contributed by atoms with Gasteiger partial charge in [-0.05, 0) is 13.0 Å². The number of aliphatic hydroxyl groups excluding tert-OH is 1. The van der Waals surface area contributed by atoms with Crippen molar-refractivity contribution in [3.63, 3.8) is 0 Å². The molecule has 0 amide bonds. The lowest BCUT2D eigenvalue weighted by atomic mass is 10.1. The summed E-state index contributed by atoms with van der Waals surface area (Å²) in [5.74, 6) is -0.346. The van der Waals surface area contributed by atoms with E-state index in [9.17, 15) is 9.50 Å². The maximum Gasteiger partial charge on any atom is 0.129 e. The van der Waals surface area contributed by atoms with E-state index in [1.54, 1.807) is 18.2 Å². The molecule has 0 saturated carbocycles. The van der Waals surface area contributed by atoms with Gasteiger partial charge < -0.3 is 9.84 Å². The van der Waals surface area contributed by atoms with Gasteiger partial charge in [-0.2, -0.15) is 0 Å². The first-order chi connectivity index (χ1) is 8.18. The van der Waals surface area contributed by atoms with Crippen molar-refractivity contribution >= 4 is 0 Å². The molecule has 1 saturated heterocycles. The Morgan fingerprint density at radius 2 is 2.29 bits per heavy atom. The molecular weight excluding hydrogens is 221 g/mol. The maximum absolute atomic E-state index is 13.5. The minimum Gasteiger partial charge on any atom is -0.387 e. The Morgan fingerprint density at radius 3 is 3.00 bits per heavy atom. The van der Waals surface area contributed by atoms with Crippen LogP contribution in [0.3, 0.4) is 0 Å². The third-order valence-corrected chi connectivity index (χ3v) is 3.18. The molecule has 94 valence electrons. The number of ether oxygens (including phenoxy) is 1. The van der Waals surface area contributed by atoms with E-state index in [1.807, 2.05) is 6.92 Å². The first kappa shape index (κ1) is 12.5. The van der Waals surface area contributed by atoms with E-state index in [4.69, 9.17) is 4.74 Å². The van der Waals surface area contributed by atoms with Gasteiger partial charge in [-0.3, -0.25) is 4.90 Å². The van der Waals surface area contributed by atoms with Crippen LogP contribution in [0.5, 0.6) is 0 Å². The van der Waals surface area contributed by atoms with Crippen LogP contribution in [0.15, 0.2) is 24.3 Å². The van der Waals surface area contributed by atoms with Gasteiger partial charge in [-0.1, -0.05) is 18.2 Å². The first-order valence-corrected chi connectivity index (χ1v) is 5.93. The molecule has 0 spiro atoms. The van der Waals surface area contributed by atoms with E-state index in [1.165, 1.54) is 6.07 Å². The molecule has 1 aromatic carbocycles.